The molecule has 1 unspecified atom stereocenters. The molecule has 0 aromatic heterocycles. The molecular formula is C16H18ClN. The molecule has 0 aliphatic rings. The molecule has 2 rings (SSSR count). The zero-order chi connectivity index (χ0) is 13.0. The van der Waals surface area contributed by atoms with Crippen LogP contribution in [0, 0.1) is 6.92 Å². The van der Waals surface area contributed by atoms with Crippen molar-refractivity contribution in [3.05, 3.63) is 70.2 Å². The van der Waals surface area contributed by atoms with Gasteiger partial charge in [0.25, 0.3) is 0 Å². The summed E-state index contributed by atoms with van der Waals surface area (Å²) >= 11 is 6.25. The van der Waals surface area contributed by atoms with Gasteiger partial charge in [-0.25, -0.2) is 0 Å². The van der Waals surface area contributed by atoms with Crippen LogP contribution in [-0.2, 0) is 6.42 Å². The molecule has 2 aromatic carbocycles. The summed E-state index contributed by atoms with van der Waals surface area (Å²) in [4.78, 5) is 0. The number of nitrogens with two attached hydrogens (primary N) is 1. The van der Waals surface area contributed by atoms with Gasteiger partial charge < -0.3 is 5.73 Å². The number of benzene rings is 2. The smallest absolute Gasteiger partial charge is 0.0441 e. The third kappa shape index (κ3) is 2.92. The molecule has 0 saturated carbocycles. The zero-order valence-electron chi connectivity index (χ0n) is 10.6. The molecule has 0 spiro atoms. The molecule has 0 radical (unpaired) electrons. The predicted octanol–water partition coefficient (Wildman–Crippen LogP) is 3.93. The molecule has 0 amide bonds. The van der Waals surface area contributed by atoms with Gasteiger partial charge in [-0.2, -0.15) is 0 Å². The topological polar surface area (TPSA) is 26.0 Å². The molecule has 2 heteroatoms. The molecule has 0 bridgehead atoms. The minimum absolute atomic E-state index is 0.278. The highest BCUT2D eigenvalue weighted by Gasteiger charge is 2.14. The Labute approximate surface area is 114 Å². The van der Waals surface area contributed by atoms with Gasteiger partial charge in [0.2, 0.25) is 0 Å². The number of halogens is 1. The molecule has 94 valence electrons. The molecule has 0 aliphatic heterocycles. The van der Waals surface area contributed by atoms with Gasteiger partial charge in [0.15, 0.2) is 0 Å². The van der Waals surface area contributed by atoms with Gasteiger partial charge in [-0.15, -0.1) is 0 Å². The van der Waals surface area contributed by atoms with E-state index in [0.717, 1.165) is 17.0 Å². The van der Waals surface area contributed by atoms with Crippen LogP contribution in [0.15, 0.2) is 48.5 Å². The van der Waals surface area contributed by atoms with Gasteiger partial charge in [-0.05, 0) is 42.6 Å². The Hall–Kier alpha value is -1.31. The van der Waals surface area contributed by atoms with Crippen LogP contribution in [0.4, 0.5) is 0 Å². The van der Waals surface area contributed by atoms with Crippen molar-refractivity contribution in [1.29, 1.82) is 0 Å². The first-order valence-corrected chi connectivity index (χ1v) is 6.59. The van der Waals surface area contributed by atoms with Crippen LogP contribution in [-0.4, -0.2) is 6.54 Å². The van der Waals surface area contributed by atoms with Crippen molar-refractivity contribution in [2.24, 2.45) is 5.73 Å². The first-order valence-electron chi connectivity index (χ1n) is 6.21. The maximum atomic E-state index is 6.25. The van der Waals surface area contributed by atoms with Crippen molar-refractivity contribution in [2.75, 3.05) is 6.54 Å². The first kappa shape index (κ1) is 13.1. The third-order valence-corrected chi connectivity index (χ3v) is 3.70. The van der Waals surface area contributed by atoms with E-state index in [1.54, 1.807) is 0 Å². The minimum atomic E-state index is 0.278. The second-order valence-corrected chi connectivity index (χ2v) is 4.99. The summed E-state index contributed by atoms with van der Waals surface area (Å²) < 4.78 is 0. The number of hydrogen-bond donors (Lipinski definition) is 1. The van der Waals surface area contributed by atoms with Crippen molar-refractivity contribution in [2.45, 2.75) is 19.3 Å². The Morgan fingerprint density at radius 1 is 1.06 bits per heavy atom. The first-order chi connectivity index (χ1) is 8.72. The van der Waals surface area contributed by atoms with Crippen molar-refractivity contribution >= 4 is 11.6 Å². The fourth-order valence-electron chi connectivity index (χ4n) is 2.23. The van der Waals surface area contributed by atoms with Gasteiger partial charge in [-0.3, -0.25) is 0 Å². The fourth-order valence-corrected chi connectivity index (χ4v) is 2.52. The lowest BCUT2D eigenvalue weighted by atomic mass is 9.90. The van der Waals surface area contributed by atoms with Crippen LogP contribution < -0.4 is 5.73 Å². The summed E-state index contributed by atoms with van der Waals surface area (Å²) in [6.45, 7) is 2.74. The molecule has 1 nitrogen and oxygen atoms in total. The summed E-state index contributed by atoms with van der Waals surface area (Å²) in [6, 6.07) is 16.4. The Balaban J connectivity index is 2.26. The highest BCUT2D eigenvalue weighted by atomic mass is 35.5. The maximum absolute atomic E-state index is 6.25. The Morgan fingerprint density at radius 2 is 1.72 bits per heavy atom. The normalized spacial score (nSPS) is 12.4. The molecule has 0 fully saturated rings. The lowest BCUT2D eigenvalue weighted by molar-refractivity contribution is 0.692. The van der Waals surface area contributed by atoms with E-state index < -0.39 is 0 Å². The van der Waals surface area contributed by atoms with E-state index in [9.17, 15) is 0 Å². The Bertz CT molecular complexity index is 522. The fraction of sp³-hybridized carbons (Fsp3) is 0.250. The van der Waals surface area contributed by atoms with Crippen LogP contribution in [0.3, 0.4) is 0 Å². The maximum Gasteiger partial charge on any atom is 0.0441 e. The lowest BCUT2D eigenvalue weighted by Gasteiger charge is -2.18. The molecule has 2 aromatic rings. The predicted molar refractivity (Wildman–Crippen MR) is 78.1 cm³/mol. The van der Waals surface area contributed by atoms with Crippen molar-refractivity contribution in [3.63, 3.8) is 0 Å². The summed E-state index contributed by atoms with van der Waals surface area (Å²) in [6.07, 6.45) is 0.937. The molecule has 1 atom stereocenters. The molecular weight excluding hydrogens is 242 g/mol. The quantitative estimate of drug-likeness (QED) is 0.885. The monoisotopic (exact) mass is 259 g/mol. The van der Waals surface area contributed by atoms with Crippen molar-refractivity contribution < 1.29 is 0 Å². The second kappa shape index (κ2) is 6.03. The Kier molecular flexibility index (Phi) is 4.40. The largest absolute Gasteiger partial charge is 0.330 e. The van der Waals surface area contributed by atoms with Crippen molar-refractivity contribution in [1.82, 2.24) is 0 Å². The van der Waals surface area contributed by atoms with Crippen LogP contribution in [0.2, 0.25) is 5.02 Å². The molecule has 0 saturated heterocycles. The molecule has 0 aliphatic carbocycles. The lowest BCUT2D eigenvalue weighted by Crippen LogP contribution is -2.16. The van der Waals surface area contributed by atoms with Gasteiger partial charge in [-0.1, -0.05) is 54.1 Å². The van der Waals surface area contributed by atoms with E-state index >= 15 is 0 Å². The minimum Gasteiger partial charge on any atom is -0.330 e. The summed E-state index contributed by atoms with van der Waals surface area (Å²) in [5.41, 5.74) is 9.71. The number of aryl methyl sites for hydroxylation is 1. The highest BCUT2D eigenvalue weighted by Crippen LogP contribution is 2.27. The van der Waals surface area contributed by atoms with Crippen LogP contribution in [0.1, 0.15) is 22.6 Å². The zero-order valence-corrected chi connectivity index (χ0v) is 11.3. The van der Waals surface area contributed by atoms with Crippen molar-refractivity contribution in [3.8, 4) is 0 Å². The SMILES string of the molecule is Cc1ccccc1CC(CN)c1ccccc1Cl. The highest BCUT2D eigenvalue weighted by molar-refractivity contribution is 6.31. The van der Waals surface area contributed by atoms with Gasteiger partial charge in [0.05, 0.1) is 0 Å². The molecule has 2 N–H and O–H groups in total. The summed E-state index contributed by atoms with van der Waals surface area (Å²) in [5, 5.41) is 0.807. The van der Waals surface area contributed by atoms with E-state index in [4.69, 9.17) is 17.3 Å². The standard InChI is InChI=1S/C16H18ClN/c1-12-6-2-3-7-13(12)10-14(11-18)15-8-4-5-9-16(15)17/h2-9,14H,10-11,18H2,1H3. The average molecular weight is 260 g/mol. The summed E-state index contributed by atoms with van der Waals surface area (Å²) in [5.74, 6) is 0.278. The van der Waals surface area contributed by atoms with Gasteiger partial charge in [0.1, 0.15) is 0 Å². The average Bonchev–Trinajstić information content (AvgIpc) is 2.39. The van der Waals surface area contributed by atoms with E-state index in [0.29, 0.717) is 6.54 Å². The van der Waals surface area contributed by atoms with E-state index in [-0.39, 0.29) is 5.92 Å². The molecule has 0 heterocycles. The Morgan fingerprint density at radius 3 is 2.39 bits per heavy atom. The number of rotatable bonds is 4. The summed E-state index contributed by atoms with van der Waals surface area (Å²) in [7, 11) is 0. The van der Waals surface area contributed by atoms with Crippen LogP contribution >= 0.6 is 11.6 Å². The van der Waals surface area contributed by atoms with E-state index in [2.05, 4.69) is 37.3 Å². The van der Waals surface area contributed by atoms with Gasteiger partial charge >= 0.3 is 0 Å². The third-order valence-electron chi connectivity index (χ3n) is 3.36. The number of hydrogen-bond acceptors (Lipinski definition) is 1. The second-order valence-electron chi connectivity index (χ2n) is 4.58. The van der Waals surface area contributed by atoms with Crippen LogP contribution in [0.5, 0.6) is 0 Å². The molecule has 18 heavy (non-hydrogen) atoms. The van der Waals surface area contributed by atoms with Crippen LogP contribution in [0.25, 0.3) is 0 Å². The van der Waals surface area contributed by atoms with Gasteiger partial charge in [0, 0.05) is 10.9 Å². The van der Waals surface area contributed by atoms with E-state index in [1.807, 2.05) is 18.2 Å². The van der Waals surface area contributed by atoms with E-state index in [1.165, 1.54) is 11.1 Å².